The maximum atomic E-state index is 12.8. The molecular weight excluding hydrogens is 402 g/mol. The largest absolute Gasteiger partial charge is 0.480 e. The second-order valence-corrected chi connectivity index (χ2v) is 9.36. The molecule has 156 valence electrons. The fourth-order valence-corrected chi connectivity index (χ4v) is 4.81. The summed E-state index contributed by atoms with van der Waals surface area (Å²) >= 11 is 0. The Morgan fingerprint density at radius 1 is 1.23 bits per heavy atom. The van der Waals surface area contributed by atoms with E-state index in [-0.39, 0.29) is 16.4 Å². The van der Waals surface area contributed by atoms with Crippen LogP contribution in [0, 0.1) is 17.2 Å². The number of sulfonamides is 1. The summed E-state index contributed by atoms with van der Waals surface area (Å²) < 4.78 is 34.1. The summed E-state index contributed by atoms with van der Waals surface area (Å²) in [6.45, 7) is 2.99. The summed E-state index contributed by atoms with van der Waals surface area (Å²) in [6, 6.07) is 13.0. The Bertz CT molecular complexity index is 1120. The van der Waals surface area contributed by atoms with Crippen molar-refractivity contribution >= 4 is 21.6 Å². The Balaban J connectivity index is 1.63. The molecule has 1 aliphatic carbocycles. The van der Waals surface area contributed by atoms with Crippen molar-refractivity contribution in [3.8, 4) is 11.8 Å². The lowest BCUT2D eigenvalue weighted by Crippen LogP contribution is -2.40. The zero-order valence-corrected chi connectivity index (χ0v) is 17.5. The molecule has 7 nitrogen and oxygen atoms in total. The van der Waals surface area contributed by atoms with E-state index in [1.165, 1.54) is 12.1 Å². The highest BCUT2D eigenvalue weighted by molar-refractivity contribution is 7.92. The average Bonchev–Trinajstić information content (AvgIpc) is 3.56. The van der Waals surface area contributed by atoms with E-state index in [1.807, 2.05) is 17.9 Å². The maximum absolute atomic E-state index is 12.8. The number of hydrogen-bond acceptors (Lipinski definition) is 5. The highest BCUT2D eigenvalue weighted by atomic mass is 32.2. The second kappa shape index (κ2) is 8.00. The Kier molecular flexibility index (Phi) is 5.39. The number of nitrogens with one attached hydrogen (secondary N) is 1. The number of rotatable bonds is 6. The Hall–Kier alpha value is -3.05. The van der Waals surface area contributed by atoms with Crippen molar-refractivity contribution in [3.05, 3.63) is 53.6 Å². The normalized spacial score (nSPS) is 18.7. The number of hydrogen-bond donors (Lipinski definition) is 1. The van der Waals surface area contributed by atoms with Crippen LogP contribution >= 0.6 is 0 Å². The minimum atomic E-state index is -3.93. The van der Waals surface area contributed by atoms with Gasteiger partial charge in [0.25, 0.3) is 15.9 Å². The fraction of sp³-hybridized carbons (Fsp3) is 0.364. The maximum Gasteiger partial charge on any atom is 0.263 e. The Morgan fingerprint density at radius 3 is 2.70 bits per heavy atom. The third kappa shape index (κ3) is 4.12. The lowest BCUT2D eigenvalue weighted by atomic mass is 10.1. The van der Waals surface area contributed by atoms with Gasteiger partial charge in [0, 0.05) is 24.3 Å². The molecule has 4 rings (SSSR count). The van der Waals surface area contributed by atoms with E-state index in [0.29, 0.717) is 36.9 Å². The monoisotopic (exact) mass is 425 g/mol. The average molecular weight is 426 g/mol. The molecule has 0 spiro atoms. The van der Waals surface area contributed by atoms with E-state index in [9.17, 15) is 18.5 Å². The molecule has 1 saturated carbocycles. The van der Waals surface area contributed by atoms with Crippen LogP contribution < -0.4 is 9.46 Å². The van der Waals surface area contributed by atoms with Crippen LogP contribution in [0.2, 0.25) is 0 Å². The topological polar surface area (TPSA) is 99.5 Å². The highest BCUT2D eigenvalue weighted by Crippen LogP contribution is 2.34. The van der Waals surface area contributed by atoms with Crippen LogP contribution in [0.25, 0.3) is 0 Å². The van der Waals surface area contributed by atoms with Crippen LogP contribution in [-0.2, 0) is 21.4 Å². The van der Waals surface area contributed by atoms with Crippen molar-refractivity contribution in [2.24, 2.45) is 5.92 Å². The van der Waals surface area contributed by atoms with E-state index in [4.69, 9.17) is 4.74 Å². The molecule has 1 fully saturated rings. The van der Waals surface area contributed by atoms with Gasteiger partial charge >= 0.3 is 0 Å². The molecule has 0 saturated heterocycles. The zero-order valence-electron chi connectivity index (χ0n) is 16.7. The first kappa shape index (κ1) is 20.2. The molecule has 0 radical (unpaired) electrons. The number of nitriles is 1. The van der Waals surface area contributed by atoms with Crippen LogP contribution in [-0.4, -0.2) is 31.9 Å². The van der Waals surface area contributed by atoms with Gasteiger partial charge in [-0.2, -0.15) is 5.26 Å². The van der Waals surface area contributed by atoms with Crippen molar-refractivity contribution in [3.63, 3.8) is 0 Å². The molecule has 8 heteroatoms. The molecule has 2 aliphatic rings. The van der Waals surface area contributed by atoms with Crippen molar-refractivity contribution in [1.82, 2.24) is 4.90 Å². The molecule has 2 aromatic carbocycles. The van der Waals surface area contributed by atoms with E-state index in [2.05, 4.69) is 4.72 Å². The Labute approximate surface area is 176 Å². The summed E-state index contributed by atoms with van der Waals surface area (Å²) in [6.07, 6.45) is 2.30. The quantitative estimate of drug-likeness (QED) is 0.766. The van der Waals surface area contributed by atoms with E-state index in [1.54, 1.807) is 30.3 Å². The van der Waals surface area contributed by atoms with Crippen LogP contribution in [0.4, 0.5) is 5.69 Å². The minimum Gasteiger partial charge on any atom is -0.480 e. The number of nitrogens with zero attached hydrogens (tertiary/aromatic N) is 2. The van der Waals surface area contributed by atoms with Crippen molar-refractivity contribution in [2.45, 2.75) is 43.7 Å². The standard InChI is InChI=1S/C22H23N3O4S/c1-2-19-22(26)25(13-15-7-8-15)14-17-11-18(9-10-20(17)29-19)24-30(27,28)21-6-4-3-5-16(21)12-23/h3-6,9-11,15,19,24H,2,7-8,13-14H2,1H3. The van der Waals surface area contributed by atoms with Gasteiger partial charge in [0.05, 0.1) is 5.56 Å². The van der Waals surface area contributed by atoms with E-state index in [0.717, 1.165) is 18.4 Å². The van der Waals surface area contributed by atoms with Gasteiger partial charge in [0.15, 0.2) is 6.10 Å². The molecule has 2 aromatic rings. The fourth-order valence-electron chi connectivity index (χ4n) is 3.60. The van der Waals surface area contributed by atoms with Gasteiger partial charge in [-0.3, -0.25) is 9.52 Å². The van der Waals surface area contributed by atoms with Crippen LogP contribution in [0.15, 0.2) is 47.4 Å². The first-order valence-corrected chi connectivity index (χ1v) is 11.5. The molecule has 0 bridgehead atoms. The lowest BCUT2D eigenvalue weighted by molar-refractivity contribution is -0.138. The number of benzene rings is 2. The predicted molar refractivity (Wildman–Crippen MR) is 111 cm³/mol. The van der Waals surface area contributed by atoms with Crippen molar-refractivity contribution < 1.29 is 17.9 Å². The summed E-state index contributed by atoms with van der Waals surface area (Å²) in [7, 11) is -3.93. The summed E-state index contributed by atoms with van der Waals surface area (Å²) in [5.41, 5.74) is 1.20. The number of carbonyl (C=O) groups is 1. The summed E-state index contributed by atoms with van der Waals surface area (Å²) in [5, 5.41) is 9.22. The molecule has 1 N–H and O–H groups in total. The SMILES string of the molecule is CCC1Oc2ccc(NS(=O)(=O)c3ccccc3C#N)cc2CN(CC2CC2)C1=O. The molecule has 0 aromatic heterocycles. The molecular formula is C22H23N3O4S. The molecule has 1 atom stereocenters. The van der Waals surface area contributed by atoms with Gasteiger partial charge in [0.1, 0.15) is 16.7 Å². The minimum absolute atomic E-state index is 0.0225. The molecule has 1 amide bonds. The van der Waals surface area contributed by atoms with Gasteiger partial charge in [-0.1, -0.05) is 19.1 Å². The smallest absolute Gasteiger partial charge is 0.263 e. The third-order valence-corrected chi connectivity index (χ3v) is 6.81. The van der Waals surface area contributed by atoms with Gasteiger partial charge < -0.3 is 9.64 Å². The number of ether oxygens (including phenoxy) is 1. The summed E-state index contributed by atoms with van der Waals surface area (Å²) in [5.74, 6) is 1.11. The van der Waals surface area contributed by atoms with Crippen LogP contribution in [0.1, 0.15) is 37.3 Å². The lowest BCUT2D eigenvalue weighted by Gasteiger charge is -2.23. The van der Waals surface area contributed by atoms with Gasteiger partial charge in [-0.05, 0) is 55.5 Å². The predicted octanol–water partition coefficient (Wildman–Crippen LogP) is 3.27. The zero-order chi connectivity index (χ0) is 21.3. The first-order valence-electron chi connectivity index (χ1n) is 10.0. The van der Waals surface area contributed by atoms with Crippen molar-refractivity contribution in [2.75, 3.05) is 11.3 Å². The number of anilines is 1. The molecule has 1 aliphatic heterocycles. The van der Waals surface area contributed by atoms with Gasteiger partial charge in [0.2, 0.25) is 0 Å². The third-order valence-electron chi connectivity index (χ3n) is 5.37. The summed E-state index contributed by atoms with van der Waals surface area (Å²) in [4.78, 5) is 14.6. The van der Waals surface area contributed by atoms with Crippen molar-refractivity contribution in [1.29, 1.82) is 5.26 Å². The van der Waals surface area contributed by atoms with E-state index >= 15 is 0 Å². The van der Waals surface area contributed by atoms with Gasteiger partial charge in [-0.15, -0.1) is 0 Å². The van der Waals surface area contributed by atoms with Gasteiger partial charge in [-0.25, -0.2) is 8.42 Å². The number of fused-ring (bicyclic) bond motifs is 1. The molecule has 1 unspecified atom stereocenters. The number of amides is 1. The molecule has 1 heterocycles. The first-order chi connectivity index (χ1) is 14.4. The van der Waals surface area contributed by atoms with E-state index < -0.39 is 16.1 Å². The molecule has 30 heavy (non-hydrogen) atoms. The van der Waals surface area contributed by atoms with Crippen LogP contribution in [0.5, 0.6) is 5.75 Å². The van der Waals surface area contributed by atoms with Crippen LogP contribution in [0.3, 0.4) is 0 Å². The number of carbonyl (C=O) groups excluding carboxylic acids is 1. The Morgan fingerprint density at radius 2 is 2.00 bits per heavy atom. The second-order valence-electron chi connectivity index (χ2n) is 7.71. The highest BCUT2D eigenvalue weighted by Gasteiger charge is 2.34.